The van der Waals surface area contributed by atoms with Gasteiger partial charge < -0.3 is 19.5 Å². The fourth-order valence-corrected chi connectivity index (χ4v) is 3.15. The summed E-state index contributed by atoms with van der Waals surface area (Å²) in [6.07, 6.45) is 3.19. The second-order valence-electron chi connectivity index (χ2n) is 5.89. The number of hydrogen-bond donors (Lipinski definition) is 1. The second-order valence-corrected chi connectivity index (χ2v) is 6.74. The van der Waals surface area contributed by atoms with Crippen LogP contribution in [-0.4, -0.2) is 44.3 Å². The number of anilines is 1. The largest absolute Gasteiger partial charge is 0.507 e. The number of phenols is 1. The van der Waals surface area contributed by atoms with E-state index >= 15 is 0 Å². The molecule has 1 N–H and O–H groups in total. The van der Waals surface area contributed by atoms with E-state index < -0.39 is 0 Å². The van der Waals surface area contributed by atoms with Crippen LogP contribution in [-0.2, 0) is 4.74 Å². The number of nitrogens with zero attached hydrogens (tertiary/aromatic N) is 1. The number of phenolic OH excluding ortho intramolecular Hbond substituents is 1. The molecule has 0 aliphatic carbocycles. The van der Waals surface area contributed by atoms with Gasteiger partial charge in [-0.3, -0.25) is 4.79 Å². The molecule has 0 radical (unpaired) electrons. The van der Waals surface area contributed by atoms with Gasteiger partial charge in [-0.05, 0) is 58.4 Å². The predicted molar refractivity (Wildman–Crippen MR) is 105 cm³/mol. The third kappa shape index (κ3) is 4.26. The number of aromatic hydroxyl groups is 1. The molecule has 1 aliphatic rings. The van der Waals surface area contributed by atoms with E-state index in [2.05, 4.69) is 20.8 Å². The lowest BCUT2D eigenvalue weighted by molar-refractivity contribution is 0.104. The normalized spacial score (nSPS) is 14.6. The Kier molecular flexibility index (Phi) is 5.96. The molecule has 1 saturated heterocycles. The van der Waals surface area contributed by atoms with Crippen molar-refractivity contribution in [2.45, 2.75) is 0 Å². The topological polar surface area (TPSA) is 59.0 Å². The number of ketones is 1. The lowest BCUT2D eigenvalue weighted by atomic mass is 10.1. The Morgan fingerprint density at radius 3 is 2.58 bits per heavy atom. The third-order valence-electron chi connectivity index (χ3n) is 4.24. The minimum Gasteiger partial charge on any atom is -0.507 e. The molecular weight excluding hydrogens is 398 g/mol. The van der Waals surface area contributed by atoms with Crippen molar-refractivity contribution in [3.8, 4) is 11.5 Å². The van der Waals surface area contributed by atoms with Crippen LogP contribution in [0.4, 0.5) is 5.69 Å². The Balaban J connectivity index is 1.73. The van der Waals surface area contributed by atoms with E-state index in [-0.39, 0.29) is 11.5 Å². The summed E-state index contributed by atoms with van der Waals surface area (Å²) in [5, 5.41) is 9.71. The highest BCUT2D eigenvalue weighted by atomic mass is 79.9. The molecule has 5 nitrogen and oxygen atoms in total. The van der Waals surface area contributed by atoms with Crippen molar-refractivity contribution in [3.05, 3.63) is 58.1 Å². The van der Waals surface area contributed by atoms with Crippen molar-refractivity contribution in [2.24, 2.45) is 0 Å². The number of carbonyl (C=O) groups excluding carboxylic acids is 1. The Labute approximate surface area is 161 Å². The smallest absolute Gasteiger partial charge is 0.185 e. The first-order chi connectivity index (χ1) is 12.6. The maximum absolute atomic E-state index is 12.4. The van der Waals surface area contributed by atoms with Gasteiger partial charge in [-0.15, -0.1) is 0 Å². The van der Waals surface area contributed by atoms with Crippen molar-refractivity contribution in [1.29, 1.82) is 0 Å². The van der Waals surface area contributed by atoms with Gasteiger partial charge in [-0.25, -0.2) is 0 Å². The first kappa shape index (κ1) is 18.5. The molecule has 0 unspecified atom stereocenters. The zero-order valence-electron chi connectivity index (χ0n) is 14.4. The zero-order valence-corrected chi connectivity index (χ0v) is 16.0. The number of hydrogen-bond acceptors (Lipinski definition) is 5. The van der Waals surface area contributed by atoms with E-state index in [0.29, 0.717) is 21.3 Å². The van der Waals surface area contributed by atoms with Crippen LogP contribution >= 0.6 is 15.9 Å². The highest BCUT2D eigenvalue weighted by molar-refractivity contribution is 9.10. The Morgan fingerprint density at radius 1 is 1.23 bits per heavy atom. The summed E-state index contributed by atoms with van der Waals surface area (Å²) in [7, 11) is 1.52. The van der Waals surface area contributed by atoms with E-state index in [1.165, 1.54) is 19.3 Å². The summed E-state index contributed by atoms with van der Waals surface area (Å²) in [5.74, 6) is 0.492. The Bertz CT molecular complexity index is 811. The summed E-state index contributed by atoms with van der Waals surface area (Å²) >= 11 is 3.27. The quantitative estimate of drug-likeness (QED) is 0.590. The van der Waals surface area contributed by atoms with Crippen LogP contribution < -0.4 is 9.64 Å². The summed E-state index contributed by atoms with van der Waals surface area (Å²) in [4.78, 5) is 14.7. The number of halogens is 1. The summed E-state index contributed by atoms with van der Waals surface area (Å²) in [6.45, 7) is 3.19. The van der Waals surface area contributed by atoms with Crippen LogP contribution in [0.2, 0.25) is 0 Å². The standard InChI is InChI=1S/C20H20BrNO4/c1-25-20-13-19(24)17(21)12-15(20)4-7-18(23)14-2-5-16(6-3-14)22-8-10-26-11-9-22/h2-7,12-13,24H,8-11H2,1H3/b7-4+. The van der Waals surface area contributed by atoms with Crippen LogP contribution in [0.3, 0.4) is 0 Å². The number of methoxy groups -OCH3 is 1. The van der Waals surface area contributed by atoms with Gasteiger partial charge in [0.25, 0.3) is 0 Å². The van der Waals surface area contributed by atoms with Gasteiger partial charge in [-0.1, -0.05) is 0 Å². The van der Waals surface area contributed by atoms with Crippen LogP contribution in [0.25, 0.3) is 6.08 Å². The van der Waals surface area contributed by atoms with Crippen molar-refractivity contribution in [3.63, 3.8) is 0 Å². The van der Waals surface area contributed by atoms with E-state index in [1.54, 1.807) is 12.1 Å². The molecule has 26 heavy (non-hydrogen) atoms. The average molecular weight is 418 g/mol. The van der Waals surface area contributed by atoms with Crippen molar-refractivity contribution in [1.82, 2.24) is 0 Å². The zero-order chi connectivity index (χ0) is 18.5. The SMILES string of the molecule is COc1cc(O)c(Br)cc1/C=C/C(=O)c1ccc(N2CCOCC2)cc1. The molecule has 0 amide bonds. The molecule has 1 fully saturated rings. The van der Waals surface area contributed by atoms with Gasteiger partial charge in [0.1, 0.15) is 11.5 Å². The molecule has 1 aliphatic heterocycles. The molecule has 2 aromatic carbocycles. The van der Waals surface area contributed by atoms with Gasteiger partial charge in [-0.2, -0.15) is 0 Å². The fraction of sp³-hybridized carbons (Fsp3) is 0.250. The summed E-state index contributed by atoms with van der Waals surface area (Å²) < 4.78 is 11.1. The molecule has 0 atom stereocenters. The molecule has 136 valence electrons. The molecule has 1 heterocycles. The van der Waals surface area contributed by atoms with Crippen LogP contribution in [0, 0.1) is 0 Å². The number of rotatable bonds is 5. The Hall–Kier alpha value is -2.31. The number of benzene rings is 2. The van der Waals surface area contributed by atoms with E-state index in [0.717, 1.165) is 32.0 Å². The van der Waals surface area contributed by atoms with Gasteiger partial charge in [0.15, 0.2) is 5.78 Å². The van der Waals surface area contributed by atoms with Crippen molar-refractivity contribution >= 4 is 33.5 Å². The first-order valence-electron chi connectivity index (χ1n) is 8.30. The monoisotopic (exact) mass is 417 g/mol. The maximum Gasteiger partial charge on any atom is 0.185 e. The lowest BCUT2D eigenvalue weighted by Gasteiger charge is -2.28. The van der Waals surface area contributed by atoms with Gasteiger partial charge in [0, 0.05) is 36.0 Å². The van der Waals surface area contributed by atoms with Gasteiger partial charge >= 0.3 is 0 Å². The fourth-order valence-electron chi connectivity index (χ4n) is 2.78. The number of carbonyl (C=O) groups is 1. The molecular formula is C20H20BrNO4. The van der Waals surface area contributed by atoms with E-state index in [1.807, 2.05) is 24.3 Å². The Morgan fingerprint density at radius 2 is 1.92 bits per heavy atom. The van der Waals surface area contributed by atoms with Gasteiger partial charge in [0.05, 0.1) is 24.8 Å². The molecule has 0 bridgehead atoms. The molecule has 0 spiro atoms. The molecule has 0 aromatic heterocycles. The maximum atomic E-state index is 12.4. The number of morpholine rings is 1. The summed E-state index contributed by atoms with van der Waals surface area (Å²) in [6, 6.07) is 10.8. The van der Waals surface area contributed by atoms with E-state index in [9.17, 15) is 9.90 Å². The minimum atomic E-state index is -0.0928. The molecule has 0 saturated carbocycles. The molecule has 3 rings (SSSR count). The molecule has 2 aromatic rings. The van der Waals surface area contributed by atoms with Gasteiger partial charge in [0.2, 0.25) is 0 Å². The van der Waals surface area contributed by atoms with E-state index in [4.69, 9.17) is 9.47 Å². The average Bonchev–Trinajstić information content (AvgIpc) is 2.69. The lowest BCUT2D eigenvalue weighted by Crippen LogP contribution is -2.36. The highest BCUT2D eigenvalue weighted by Gasteiger charge is 2.12. The second kappa shape index (κ2) is 8.38. The van der Waals surface area contributed by atoms with Crippen LogP contribution in [0.1, 0.15) is 15.9 Å². The highest BCUT2D eigenvalue weighted by Crippen LogP contribution is 2.32. The van der Waals surface area contributed by atoms with Crippen LogP contribution in [0.15, 0.2) is 46.9 Å². The van der Waals surface area contributed by atoms with Crippen molar-refractivity contribution in [2.75, 3.05) is 38.3 Å². The number of ether oxygens (including phenoxy) is 2. The van der Waals surface area contributed by atoms with Crippen LogP contribution in [0.5, 0.6) is 11.5 Å². The summed E-state index contributed by atoms with van der Waals surface area (Å²) in [5.41, 5.74) is 2.42. The molecule has 6 heteroatoms. The van der Waals surface area contributed by atoms with Crippen molar-refractivity contribution < 1.29 is 19.4 Å². The third-order valence-corrected chi connectivity index (χ3v) is 4.88. The predicted octanol–water partition coefficient (Wildman–Crippen LogP) is 3.90. The minimum absolute atomic E-state index is 0.0871. The number of allylic oxidation sites excluding steroid dienone is 1. The first-order valence-corrected chi connectivity index (χ1v) is 9.09.